The zero-order valence-corrected chi connectivity index (χ0v) is 11.5. The number of alkyl halides is 3. The molecule has 0 heterocycles. The lowest BCUT2D eigenvalue weighted by Crippen LogP contribution is -2.27. The van der Waals surface area contributed by atoms with Crippen LogP contribution < -0.4 is 5.73 Å². The minimum absolute atomic E-state index is 0.374. The first-order chi connectivity index (χ1) is 8.70. The molecule has 0 amide bonds. The molecular weight excluding hydrogens is 327 g/mol. The Balaban J connectivity index is 0.000000224. The third-order valence-electron chi connectivity index (χ3n) is 2.68. The average Bonchev–Trinajstić information content (AvgIpc) is 2.29. The number of carboxylic acid groups (broad SMARTS) is 1. The molecule has 0 saturated carbocycles. The van der Waals surface area contributed by atoms with Crippen LogP contribution in [0.5, 0.6) is 0 Å². The molecule has 0 radical (unpaired) electrons. The summed E-state index contributed by atoms with van der Waals surface area (Å²) in [4.78, 5) is 8.90. The summed E-state index contributed by atoms with van der Waals surface area (Å²) < 4.78 is 32.9. The van der Waals surface area contributed by atoms with Gasteiger partial charge in [-0.05, 0) is 42.5 Å². The van der Waals surface area contributed by atoms with Gasteiger partial charge in [0.05, 0.1) is 0 Å². The maximum Gasteiger partial charge on any atom is 0.490 e. The highest BCUT2D eigenvalue weighted by molar-refractivity contribution is 9.10. The van der Waals surface area contributed by atoms with Gasteiger partial charge < -0.3 is 10.8 Å². The lowest BCUT2D eigenvalue weighted by Gasteiger charge is -2.21. The molecule has 2 rings (SSSR count). The highest BCUT2D eigenvalue weighted by Gasteiger charge is 2.38. The SMILES string of the molecule is NC1CCc2cc(Br)ccc2C1.O=C(O)C(F)(F)F. The number of carbonyl (C=O) groups is 1. The van der Waals surface area contributed by atoms with Crippen molar-refractivity contribution < 1.29 is 23.1 Å². The molecule has 0 aromatic heterocycles. The van der Waals surface area contributed by atoms with E-state index in [1.54, 1.807) is 0 Å². The number of carboxylic acids is 1. The van der Waals surface area contributed by atoms with Gasteiger partial charge in [-0.15, -0.1) is 0 Å². The molecule has 0 aliphatic heterocycles. The van der Waals surface area contributed by atoms with Crippen LogP contribution in [-0.2, 0) is 17.6 Å². The Morgan fingerprint density at radius 2 is 1.95 bits per heavy atom. The lowest BCUT2D eigenvalue weighted by molar-refractivity contribution is -0.192. The summed E-state index contributed by atoms with van der Waals surface area (Å²) in [5, 5.41) is 7.12. The molecular formula is C12H13BrF3NO2. The topological polar surface area (TPSA) is 63.3 Å². The van der Waals surface area contributed by atoms with E-state index in [0.717, 1.165) is 19.3 Å². The Bertz CT molecular complexity index is 463. The number of rotatable bonds is 0. The van der Waals surface area contributed by atoms with Crippen molar-refractivity contribution in [3.8, 4) is 0 Å². The van der Waals surface area contributed by atoms with E-state index in [0.29, 0.717) is 6.04 Å². The van der Waals surface area contributed by atoms with Crippen molar-refractivity contribution in [3.63, 3.8) is 0 Å². The van der Waals surface area contributed by atoms with Crippen LogP contribution in [0.1, 0.15) is 17.5 Å². The molecule has 3 nitrogen and oxygen atoms in total. The maximum absolute atomic E-state index is 10.6. The number of hydrogen-bond acceptors (Lipinski definition) is 2. The Labute approximate surface area is 116 Å². The van der Waals surface area contributed by atoms with Gasteiger partial charge in [0.15, 0.2) is 0 Å². The molecule has 1 aliphatic carbocycles. The quantitative estimate of drug-likeness (QED) is 0.763. The highest BCUT2D eigenvalue weighted by atomic mass is 79.9. The third kappa shape index (κ3) is 5.20. The number of benzene rings is 1. The summed E-state index contributed by atoms with van der Waals surface area (Å²) in [6.45, 7) is 0. The van der Waals surface area contributed by atoms with Crippen LogP contribution in [0.2, 0.25) is 0 Å². The fourth-order valence-electron chi connectivity index (χ4n) is 1.75. The smallest absolute Gasteiger partial charge is 0.475 e. The standard InChI is InChI=1S/C10H12BrN.C2HF3O2/c11-9-3-1-8-6-10(12)4-2-7(8)5-9;3-2(4,5)1(6)7/h1,3,5,10H,2,4,6,12H2;(H,6,7). The van der Waals surface area contributed by atoms with Gasteiger partial charge in [0.1, 0.15) is 0 Å². The first-order valence-electron chi connectivity index (χ1n) is 5.53. The Hall–Kier alpha value is -1.08. The number of nitrogens with two attached hydrogens (primary N) is 1. The monoisotopic (exact) mass is 339 g/mol. The normalized spacial score (nSPS) is 18.1. The van der Waals surface area contributed by atoms with E-state index in [1.165, 1.54) is 15.6 Å². The van der Waals surface area contributed by atoms with E-state index in [4.69, 9.17) is 15.6 Å². The van der Waals surface area contributed by atoms with Crippen LogP contribution in [0.4, 0.5) is 13.2 Å². The second kappa shape index (κ2) is 6.38. The number of aryl methyl sites for hydroxylation is 1. The van der Waals surface area contributed by atoms with Crippen LogP contribution in [0.25, 0.3) is 0 Å². The van der Waals surface area contributed by atoms with Gasteiger partial charge in [0.2, 0.25) is 0 Å². The molecule has 1 unspecified atom stereocenters. The van der Waals surface area contributed by atoms with Crippen molar-refractivity contribution in [2.45, 2.75) is 31.5 Å². The predicted molar refractivity (Wildman–Crippen MR) is 67.8 cm³/mol. The molecule has 0 fully saturated rings. The number of fused-ring (bicyclic) bond motifs is 1. The van der Waals surface area contributed by atoms with E-state index in [-0.39, 0.29) is 0 Å². The zero-order valence-electron chi connectivity index (χ0n) is 9.88. The van der Waals surface area contributed by atoms with Crippen molar-refractivity contribution in [3.05, 3.63) is 33.8 Å². The fourth-order valence-corrected chi connectivity index (χ4v) is 2.16. The summed E-state index contributed by atoms with van der Waals surface area (Å²) >= 11 is 3.47. The maximum atomic E-state index is 10.6. The van der Waals surface area contributed by atoms with Crippen LogP contribution in [0, 0.1) is 0 Å². The van der Waals surface area contributed by atoms with Crippen LogP contribution in [0.15, 0.2) is 22.7 Å². The van der Waals surface area contributed by atoms with E-state index >= 15 is 0 Å². The van der Waals surface area contributed by atoms with Crippen LogP contribution >= 0.6 is 15.9 Å². The summed E-state index contributed by atoms with van der Waals surface area (Å²) in [6, 6.07) is 6.86. The molecule has 1 atom stereocenters. The van der Waals surface area contributed by atoms with Crippen LogP contribution in [-0.4, -0.2) is 23.3 Å². The van der Waals surface area contributed by atoms with Gasteiger partial charge >= 0.3 is 12.1 Å². The van der Waals surface area contributed by atoms with Crippen LogP contribution in [0.3, 0.4) is 0 Å². The molecule has 1 aromatic carbocycles. The van der Waals surface area contributed by atoms with E-state index < -0.39 is 12.1 Å². The molecule has 106 valence electrons. The number of aliphatic carboxylic acids is 1. The van der Waals surface area contributed by atoms with Gasteiger partial charge in [-0.1, -0.05) is 22.0 Å². The predicted octanol–water partition coefficient (Wildman–Crippen LogP) is 2.90. The summed E-state index contributed by atoms with van der Waals surface area (Å²) in [6.07, 6.45) is -1.78. The Morgan fingerprint density at radius 3 is 2.47 bits per heavy atom. The third-order valence-corrected chi connectivity index (χ3v) is 3.17. The minimum Gasteiger partial charge on any atom is -0.475 e. The van der Waals surface area contributed by atoms with Gasteiger partial charge in [0.25, 0.3) is 0 Å². The highest BCUT2D eigenvalue weighted by Crippen LogP contribution is 2.23. The first-order valence-corrected chi connectivity index (χ1v) is 6.32. The van der Waals surface area contributed by atoms with Gasteiger partial charge in [-0.25, -0.2) is 4.79 Å². The molecule has 1 aromatic rings. The zero-order chi connectivity index (χ0) is 14.6. The average molecular weight is 340 g/mol. The van der Waals surface area contributed by atoms with Crippen molar-refractivity contribution in [2.24, 2.45) is 5.73 Å². The number of hydrogen-bond donors (Lipinski definition) is 2. The molecule has 0 bridgehead atoms. The molecule has 0 saturated heterocycles. The minimum atomic E-state index is -5.08. The summed E-state index contributed by atoms with van der Waals surface area (Å²) in [7, 11) is 0. The van der Waals surface area contributed by atoms with Gasteiger partial charge in [-0.3, -0.25) is 0 Å². The largest absolute Gasteiger partial charge is 0.490 e. The molecule has 19 heavy (non-hydrogen) atoms. The molecule has 3 N–H and O–H groups in total. The number of halogens is 4. The van der Waals surface area contributed by atoms with E-state index in [2.05, 4.69) is 34.1 Å². The molecule has 7 heteroatoms. The lowest BCUT2D eigenvalue weighted by atomic mass is 9.89. The van der Waals surface area contributed by atoms with E-state index in [9.17, 15) is 13.2 Å². The Kier molecular flexibility index (Phi) is 5.37. The Morgan fingerprint density at radius 1 is 1.37 bits per heavy atom. The van der Waals surface area contributed by atoms with Crippen molar-refractivity contribution in [1.82, 2.24) is 0 Å². The molecule has 1 aliphatic rings. The molecule has 0 spiro atoms. The van der Waals surface area contributed by atoms with Gasteiger partial charge in [0, 0.05) is 10.5 Å². The van der Waals surface area contributed by atoms with Crippen molar-refractivity contribution >= 4 is 21.9 Å². The van der Waals surface area contributed by atoms with E-state index in [1.807, 2.05) is 0 Å². The fraction of sp³-hybridized carbons (Fsp3) is 0.417. The first kappa shape index (κ1) is 16.0. The second-order valence-corrected chi connectivity index (χ2v) is 5.13. The second-order valence-electron chi connectivity index (χ2n) is 4.22. The van der Waals surface area contributed by atoms with Crippen molar-refractivity contribution in [2.75, 3.05) is 0 Å². The summed E-state index contributed by atoms with van der Waals surface area (Å²) in [5.41, 5.74) is 8.77. The summed E-state index contributed by atoms with van der Waals surface area (Å²) in [5.74, 6) is -2.76. The van der Waals surface area contributed by atoms with Gasteiger partial charge in [-0.2, -0.15) is 13.2 Å². The van der Waals surface area contributed by atoms with Crippen molar-refractivity contribution in [1.29, 1.82) is 0 Å².